The second-order valence-corrected chi connectivity index (χ2v) is 6.92. The molecule has 4 nitrogen and oxygen atoms in total. The van der Waals surface area contributed by atoms with E-state index < -0.39 is 17.8 Å². The molecule has 2 saturated carbocycles. The molecule has 0 aromatic heterocycles. The molecular formula is C15H26O4. The summed E-state index contributed by atoms with van der Waals surface area (Å²) in [5, 5.41) is 39.8. The zero-order chi connectivity index (χ0) is 14.4. The molecule has 0 spiro atoms. The Labute approximate surface area is 114 Å². The van der Waals surface area contributed by atoms with Crippen LogP contribution in [0.2, 0.25) is 0 Å². The van der Waals surface area contributed by atoms with Crippen molar-refractivity contribution in [2.45, 2.75) is 57.3 Å². The quantitative estimate of drug-likeness (QED) is 0.560. The lowest BCUT2D eigenvalue weighted by molar-refractivity contribution is -0.141. The SMILES string of the molecule is C=C1C[C@@H](O)[C@H](O)[C@@]2(C)CC[C@H]([C@@](C)(O)CO)C[C@H]12. The summed E-state index contributed by atoms with van der Waals surface area (Å²) in [5.41, 5.74) is -0.488. The Balaban J connectivity index is 2.22. The van der Waals surface area contributed by atoms with Crippen LogP contribution < -0.4 is 0 Å². The molecule has 0 aromatic carbocycles. The maximum atomic E-state index is 10.3. The van der Waals surface area contributed by atoms with Gasteiger partial charge in [0.1, 0.15) is 0 Å². The second-order valence-electron chi connectivity index (χ2n) is 6.92. The Morgan fingerprint density at radius 3 is 2.63 bits per heavy atom. The van der Waals surface area contributed by atoms with E-state index in [1.54, 1.807) is 6.92 Å². The van der Waals surface area contributed by atoms with Gasteiger partial charge in [-0.2, -0.15) is 0 Å². The van der Waals surface area contributed by atoms with Crippen molar-refractivity contribution in [3.63, 3.8) is 0 Å². The molecule has 0 heterocycles. The van der Waals surface area contributed by atoms with E-state index in [2.05, 4.69) is 6.58 Å². The summed E-state index contributed by atoms with van der Waals surface area (Å²) in [6, 6.07) is 0. The van der Waals surface area contributed by atoms with Crippen LogP contribution in [-0.2, 0) is 0 Å². The Kier molecular flexibility index (Phi) is 3.82. The first-order valence-electron chi connectivity index (χ1n) is 7.09. The van der Waals surface area contributed by atoms with E-state index in [9.17, 15) is 20.4 Å². The fourth-order valence-corrected chi connectivity index (χ4v) is 3.97. The zero-order valence-corrected chi connectivity index (χ0v) is 11.8. The maximum absolute atomic E-state index is 10.3. The van der Waals surface area contributed by atoms with Crippen LogP contribution in [0.25, 0.3) is 0 Å². The molecule has 0 saturated heterocycles. The lowest BCUT2D eigenvalue weighted by Crippen LogP contribution is -2.55. The highest BCUT2D eigenvalue weighted by molar-refractivity contribution is 5.18. The molecule has 6 atom stereocenters. The van der Waals surface area contributed by atoms with Crippen molar-refractivity contribution in [1.82, 2.24) is 0 Å². The van der Waals surface area contributed by atoms with E-state index in [1.807, 2.05) is 6.92 Å². The topological polar surface area (TPSA) is 80.9 Å². The van der Waals surface area contributed by atoms with Crippen molar-refractivity contribution in [2.75, 3.05) is 6.61 Å². The Morgan fingerprint density at radius 2 is 2.05 bits per heavy atom. The number of fused-ring (bicyclic) bond motifs is 1. The van der Waals surface area contributed by atoms with Gasteiger partial charge in [0.15, 0.2) is 0 Å². The Morgan fingerprint density at radius 1 is 1.42 bits per heavy atom. The van der Waals surface area contributed by atoms with Gasteiger partial charge in [-0.25, -0.2) is 0 Å². The van der Waals surface area contributed by atoms with Gasteiger partial charge in [-0.3, -0.25) is 0 Å². The normalized spacial score (nSPS) is 46.5. The van der Waals surface area contributed by atoms with Crippen LogP contribution in [0.1, 0.15) is 39.5 Å². The van der Waals surface area contributed by atoms with E-state index in [0.717, 1.165) is 18.4 Å². The highest BCUT2D eigenvalue weighted by Crippen LogP contribution is 2.54. The lowest BCUT2D eigenvalue weighted by atomic mass is 9.53. The van der Waals surface area contributed by atoms with Crippen LogP contribution in [0.5, 0.6) is 0 Å². The second kappa shape index (κ2) is 4.85. The third-order valence-electron chi connectivity index (χ3n) is 5.55. The van der Waals surface area contributed by atoms with Gasteiger partial charge in [-0.15, -0.1) is 0 Å². The lowest BCUT2D eigenvalue weighted by Gasteiger charge is -2.54. The molecule has 0 aliphatic heterocycles. The number of aliphatic hydroxyl groups is 4. The van der Waals surface area contributed by atoms with E-state index in [1.165, 1.54) is 0 Å². The smallest absolute Gasteiger partial charge is 0.0877 e. The van der Waals surface area contributed by atoms with Crippen molar-refractivity contribution in [3.8, 4) is 0 Å². The van der Waals surface area contributed by atoms with Crippen LogP contribution in [0.3, 0.4) is 0 Å². The maximum Gasteiger partial charge on any atom is 0.0877 e. The molecule has 0 bridgehead atoms. The monoisotopic (exact) mass is 270 g/mol. The summed E-state index contributed by atoms with van der Waals surface area (Å²) < 4.78 is 0. The predicted octanol–water partition coefficient (Wildman–Crippen LogP) is 0.834. The molecule has 110 valence electrons. The standard InChI is InChI=1S/C15H26O4/c1-9-6-12(17)13(18)14(2)5-4-10(7-11(9)14)15(3,19)8-16/h10-13,16-19H,1,4-8H2,2-3H3/t10-,11+,12+,13-,14-,15-/m0/s1. The molecule has 0 aromatic rings. The third-order valence-corrected chi connectivity index (χ3v) is 5.55. The Bertz CT molecular complexity index is 365. The van der Waals surface area contributed by atoms with Crippen LogP contribution in [-0.4, -0.2) is 44.8 Å². The molecule has 0 radical (unpaired) electrons. The van der Waals surface area contributed by atoms with Crippen LogP contribution in [0.15, 0.2) is 12.2 Å². The molecule has 0 unspecified atom stereocenters. The molecule has 4 N–H and O–H groups in total. The largest absolute Gasteiger partial charge is 0.393 e. The number of hydrogen-bond acceptors (Lipinski definition) is 4. The first-order chi connectivity index (χ1) is 8.72. The van der Waals surface area contributed by atoms with E-state index in [-0.39, 0.29) is 23.9 Å². The van der Waals surface area contributed by atoms with Gasteiger partial charge >= 0.3 is 0 Å². The first-order valence-corrected chi connectivity index (χ1v) is 7.09. The van der Waals surface area contributed by atoms with Crippen molar-refractivity contribution >= 4 is 0 Å². The fourth-order valence-electron chi connectivity index (χ4n) is 3.97. The number of rotatable bonds is 2. The summed E-state index contributed by atoms with van der Waals surface area (Å²) in [5.74, 6) is 0.109. The first kappa shape index (κ1) is 15.0. The van der Waals surface area contributed by atoms with Crippen LogP contribution >= 0.6 is 0 Å². The van der Waals surface area contributed by atoms with Gasteiger partial charge < -0.3 is 20.4 Å². The van der Waals surface area contributed by atoms with Gasteiger partial charge in [0.05, 0.1) is 24.4 Å². The third kappa shape index (κ3) is 2.35. The van der Waals surface area contributed by atoms with Crippen molar-refractivity contribution < 1.29 is 20.4 Å². The average molecular weight is 270 g/mol. The van der Waals surface area contributed by atoms with Gasteiger partial charge in [0.2, 0.25) is 0 Å². The molecule has 2 rings (SSSR count). The minimum atomic E-state index is -1.08. The van der Waals surface area contributed by atoms with Crippen LogP contribution in [0.4, 0.5) is 0 Å². The number of aliphatic hydroxyl groups excluding tert-OH is 3. The van der Waals surface area contributed by atoms with Gasteiger partial charge in [-0.1, -0.05) is 19.1 Å². The summed E-state index contributed by atoms with van der Waals surface area (Å²) in [6.45, 7) is 7.47. The zero-order valence-electron chi connectivity index (χ0n) is 11.8. The van der Waals surface area contributed by atoms with E-state index >= 15 is 0 Å². The molecule has 2 aliphatic rings. The molecular weight excluding hydrogens is 244 g/mol. The van der Waals surface area contributed by atoms with Gasteiger partial charge in [0, 0.05) is 5.41 Å². The van der Waals surface area contributed by atoms with Gasteiger partial charge in [0.25, 0.3) is 0 Å². The minimum Gasteiger partial charge on any atom is -0.393 e. The predicted molar refractivity (Wildman–Crippen MR) is 72.4 cm³/mol. The highest BCUT2D eigenvalue weighted by atomic mass is 16.3. The minimum absolute atomic E-state index is 0.00904. The molecule has 2 aliphatic carbocycles. The average Bonchev–Trinajstić information content (AvgIpc) is 2.36. The fraction of sp³-hybridized carbons (Fsp3) is 0.867. The number of hydrogen-bond donors (Lipinski definition) is 4. The Hall–Kier alpha value is -0.420. The van der Waals surface area contributed by atoms with Gasteiger partial charge in [-0.05, 0) is 44.4 Å². The summed E-state index contributed by atoms with van der Waals surface area (Å²) >= 11 is 0. The molecule has 2 fully saturated rings. The summed E-state index contributed by atoms with van der Waals surface area (Å²) in [4.78, 5) is 0. The van der Waals surface area contributed by atoms with Crippen LogP contribution in [0, 0.1) is 17.3 Å². The molecule has 0 amide bonds. The van der Waals surface area contributed by atoms with Crippen molar-refractivity contribution in [3.05, 3.63) is 12.2 Å². The van der Waals surface area contributed by atoms with Crippen molar-refractivity contribution in [1.29, 1.82) is 0 Å². The summed E-state index contributed by atoms with van der Waals surface area (Å²) in [6.07, 6.45) is 1.15. The van der Waals surface area contributed by atoms with E-state index in [4.69, 9.17) is 0 Å². The summed E-state index contributed by atoms with van der Waals surface area (Å²) in [7, 11) is 0. The highest BCUT2D eigenvalue weighted by Gasteiger charge is 2.53. The van der Waals surface area contributed by atoms with Crippen molar-refractivity contribution in [2.24, 2.45) is 17.3 Å². The molecule has 19 heavy (non-hydrogen) atoms. The molecule has 4 heteroatoms. The van der Waals surface area contributed by atoms with E-state index in [0.29, 0.717) is 12.8 Å².